The number of benzene rings is 2. The highest BCUT2D eigenvalue weighted by atomic mass is 35.5. The van der Waals surface area contributed by atoms with Gasteiger partial charge in [0, 0.05) is 11.6 Å². The van der Waals surface area contributed by atoms with E-state index < -0.39 is 23.8 Å². The maximum absolute atomic E-state index is 12.2. The van der Waals surface area contributed by atoms with Crippen LogP contribution in [0.1, 0.15) is 31.9 Å². The van der Waals surface area contributed by atoms with Gasteiger partial charge in [-0.15, -0.1) is 0 Å². The van der Waals surface area contributed by atoms with Crippen LogP contribution in [0.15, 0.2) is 54.6 Å². The molecule has 5 nitrogen and oxygen atoms in total. The maximum atomic E-state index is 12.2. The number of ether oxygens (including phenoxy) is 1. The minimum absolute atomic E-state index is 0.362. The van der Waals surface area contributed by atoms with Crippen LogP contribution in [0.2, 0.25) is 5.02 Å². The Balaban J connectivity index is 1.89. The minimum atomic E-state index is -0.757. The van der Waals surface area contributed by atoms with Gasteiger partial charge in [-0.3, -0.25) is 0 Å². The summed E-state index contributed by atoms with van der Waals surface area (Å²) in [5.41, 5.74) is 1.61. The summed E-state index contributed by atoms with van der Waals surface area (Å²) in [6.45, 7) is 6.51. The molecule has 0 aliphatic heterocycles. The second-order valence-corrected chi connectivity index (χ2v) is 8.53. The summed E-state index contributed by atoms with van der Waals surface area (Å²) in [6, 6.07) is 17.0. The van der Waals surface area contributed by atoms with Gasteiger partial charge in [-0.2, -0.15) is 0 Å². The monoisotopic (exact) mass is 418 g/mol. The fraction of sp³-hybridized carbons (Fsp3) is 0.435. The van der Waals surface area contributed by atoms with Crippen LogP contribution in [0.3, 0.4) is 0 Å². The van der Waals surface area contributed by atoms with E-state index in [0.717, 1.165) is 12.0 Å². The zero-order chi connectivity index (χ0) is 21.3. The average Bonchev–Trinajstić information content (AvgIpc) is 2.65. The molecule has 2 rings (SSSR count). The number of carbonyl (C=O) groups excluding carboxylic acids is 1. The lowest BCUT2D eigenvalue weighted by Gasteiger charge is -2.27. The van der Waals surface area contributed by atoms with Gasteiger partial charge in [-0.25, -0.2) is 4.79 Å². The van der Waals surface area contributed by atoms with Crippen molar-refractivity contribution in [2.75, 3.05) is 13.1 Å². The third-order valence-corrected chi connectivity index (χ3v) is 4.57. The molecule has 6 heteroatoms. The van der Waals surface area contributed by atoms with Crippen molar-refractivity contribution in [2.24, 2.45) is 0 Å². The predicted molar refractivity (Wildman–Crippen MR) is 117 cm³/mol. The first-order chi connectivity index (χ1) is 13.7. The summed E-state index contributed by atoms with van der Waals surface area (Å²) >= 11 is 5.90. The SMILES string of the molecule is CC(C)(C)OC(=O)N[C@@H](Cc1ccccc1)[C@H](O)CNCCc1ccc(Cl)cc1. The molecule has 0 aliphatic rings. The van der Waals surface area contributed by atoms with Crippen molar-refractivity contribution in [2.45, 2.75) is 51.4 Å². The molecule has 0 aliphatic carbocycles. The van der Waals surface area contributed by atoms with Crippen LogP contribution in [-0.2, 0) is 17.6 Å². The van der Waals surface area contributed by atoms with E-state index >= 15 is 0 Å². The van der Waals surface area contributed by atoms with Gasteiger partial charge in [0.1, 0.15) is 5.60 Å². The number of amides is 1. The lowest BCUT2D eigenvalue weighted by Crippen LogP contribution is -2.50. The highest BCUT2D eigenvalue weighted by molar-refractivity contribution is 6.30. The van der Waals surface area contributed by atoms with E-state index in [0.29, 0.717) is 24.5 Å². The van der Waals surface area contributed by atoms with Crippen LogP contribution in [0.4, 0.5) is 4.79 Å². The Morgan fingerprint density at radius 3 is 2.34 bits per heavy atom. The zero-order valence-electron chi connectivity index (χ0n) is 17.3. The van der Waals surface area contributed by atoms with E-state index in [2.05, 4.69) is 10.6 Å². The van der Waals surface area contributed by atoms with E-state index in [-0.39, 0.29) is 0 Å². The Bertz CT molecular complexity index is 745. The minimum Gasteiger partial charge on any atom is -0.444 e. The molecule has 0 aromatic heterocycles. The first kappa shape index (κ1) is 23.2. The predicted octanol–water partition coefficient (Wildman–Crippen LogP) is 3.97. The number of aliphatic hydroxyl groups excluding tert-OH is 1. The van der Waals surface area contributed by atoms with E-state index in [1.165, 1.54) is 5.56 Å². The van der Waals surface area contributed by atoms with Crippen molar-refractivity contribution >= 4 is 17.7 Å². The smallest absolute Gasteiger partial charge is 0.407 e. The first-order valence-corrected chi connectivity index (χ1v) is 10.3. The fourth-order valence-electron chi connectivity index (χ4n) is 2.89. The third-order valence-electron chi connectivity index (χ3n) is 4.32. The summed E-state index contributed by atoms with van der Waals surface area (Å²) in [5, 5.41) is 17.5. The van der Waals surface area contributed by atoms with Crippen molar-refractivity contribution in [3.63, 3.8) is 0 Å². The average molecular weight is 419 g/mol. The number of aliphatic hydroxyl groups is 1. The number of carbonyl (C=O) groups is 1. The molecule has 1 amide bonds. The Labute approximate surface area is 178 Å². The number of halogens is 1. The van der Waals surface area contributed by atoms with Gasteiger partial charge in [-0.05, 0) is 63.4 Å². The molecular formula is C23H31ClN2O3. The lowest BCUT2D eigenvalue weighted by atomic mass is 10.0. The quantitative estimate of drug-likeness (QED) is 0.539. The molecule has 0 saturated heterocycles. The number of rotatable bonds is 9. The number of nitrogens with one attached hydrogen (secondary N) is 2. The molecule has 0 unspecified atom stereocenters. The van der Waals surface area contributed by atoms with Crippen molar-refractivity contribution in [3.05, 3.63) is 70.7 Å². The van der Waals surface area contributed by atoms with Crippen LogP contribution in [0.25, 0.3) is 0 Å². The lowest BCUT2D eigenvalue weighted by molar-refractivity contribution is 0.0423. The fourth-order valence-corrected chi connectivity index (χ4v) is 3.01. The molecule has 29 heavy (non-hydrogen) atoms. The molecule has 2 aromatic carbocycles. The summed E-state index contributed by atoms with van der Waals surface area (Å²) in [5.74, 6) is 0. The summed E-state index contributed by atoms with van der Waals surface area (Å²) in [4.78, 5) is 12.2. The van der Waals surface area contributed by atoms with Crippen LogP contribution >= 0.6 is 11.6 Å². The zero-order valence-corrected chi connectivity index (χ0v) is 18.1. The third kappa shape index (κ3) is 9.31. The molecule has 158 valence electrons. The molecule has 0 fully saturated rings. The molecule has 0 spiro atoms. The topological polar surface area (TPSA) is 70.6 Å². The van der Waals surface area contributed by atoms with E-state index in [9.17, 15) is 9.90 Å². The molecule has 3 N–H and O–H groups in total. The largest absolute Gasteiger partial charge is 0.444 e. The molecule has 2 aromatic rings. The highest BCUT2D eigenvalue weighted by Gasteiger charge is 2.24. The van der Waals surface area contributed by atoms with Crippen molar-refractivity contribution < 1.29 is 14.6 Å². The Morgan fingerprint density at radius 2 is 1.72 bits per heavy atom. The molecule has 2 atom stereocenters. The maximum Gasteiger partial charge on any atom is 0.407 e. The molecule has 0 saturated carbocycles. The highest BCUT2D eigenvalue weighted by Crippen LogP contribution is 2.11. The van der Waals surface area contributed by atoms with Crippen molar-refractivity contribution in [1.29, 1.82) is 0 Å². The first-order valence-electron chi connectivity index (χ1n) is 9.89. The number of hydrogen-bond donors (Lipinski definition) is 3. The number of hydrogen-bond acceptors (Lipinski definition) is 4. The van der Waals surface area contributed by atoms with E-state index in [4.69, 9.17) is 16.3 Å². The van der Waals surface area contributed by atoms with Crippen LogP contribution in [0.5, 0.6) is 0 Å². The second-order valence-electron chi connectivity index (χ2n) is 8.09. The van der Waals surface area contributed by atoms with Gasteiger partial charge >= 0.3 is 6.09 Å². The Kier molecular flexibility index (Phi) is 8.96. The van der Waals surface area contributed by atoms with Crippen LogP contribution < -0.4 is 10.6 Å². The summed E-state index contributed by atoms with van der Waals surface area (Å²) in [6.07, 6.45) is 0.0546. The summed E-state index contributed by atoms with van der Waals surface area (Å²) in [7, 11) is 0. The van der Waals surface area contributed by atoms with Gasteiger partial charge in [0.15, 0.2) is 0 Å². The van der Waals surface area contributed by atoms with Crippen LogP contribution in [-0.4, -0.2) is 42.0 Å². The molecule has 0 bridgehead atoms. The van der Waals surface area contributed by atoms with Gasteiger partial charge in [0.25, 0.3) is 0 Å². The number of alkyl carbamates (subject to hydrolysis) is 1. The Morgan fingerprint density at radius 1 is 1.07 bits per heavy atom. The Hall–Kier alpha value is -2.08. The summed E-state index contributed by atoms with van der Waals surface area (Å²) < 4.78 is 5.36. The molecular weight excluding hydrogens is 388 g/mol. The van der Waals surface area contributed by atoms with Crippen molar-refractivity contribution in [3.8, 4) is 0 Å². The van der Waals surface area contributed by atoms with Gasteiger partial charge < -0.3 is 20.5 Å². The normalized spacial score (nSPS) is 13.6. The van der Waals surface area contributed by atoms with E-state index in [1.54, 1.807) is 0 Å². The van der Waals surface area contributed by atoms with Gasteiger partial charge in [0.2, 0.25) is 0 Å². The molecule has 0 heterocycles. The van der Waals surface area contributed by atoms with E-state index in [1.807, 2.05) is 75.4 Å². The van der Waals surface area contributed by atoms with Crippen LogP contribution in [0, 0.1) is 0 Å². The van der Waals surface area contributed by atoms with Gasteiger partial charge in [0.05, 0.1) is 12.1 Å². The van der Waals surface area contributed by atoms with Gasteiger partial charge in [-0.1, -0.05) is 54.1 Å². The molecule has 0 radical (unpaired) electrons. The van der Waals surface area contributed by atoms with Crippen molar-refractivity contribution in [1.82, 2.24) is 10.6 Å². The standard InChI is InChI=1S/C23H31ClN2O3/c1-23(2,3)29-22(28)26-20(15-18-7-5-4-6-8-18)21(27)16-25-14-13-17-9-11-19(24)12-10-17/h4-12,20-21,25,27H,13-16H2,1-3H3,(H,26,28)/t20-,21+/m0/s1. The second kappa shape index (κ2) is 11.2.